The van der Waals surface area contributed by atoms with E-state index in [9.17, 15) is 5.11 Å². The van der Waals surface area contributed by atoms with Gasteiger partial charge in [0.1, 0.15) is 18.5 Å². The number of aliphatic hydroxyl groups excluding tert-OH is 1. The van der Waals surface area contributed by atoms with E-state index in [4.69, 9.17) is 9.47 Å². The van der Waals surface area contributed by atoms with E-state index in [1.807, 2.05) is 26.0 Å². The zero-order chi connectivity index (χ0) is 15.2. The third kappa shape index (κ3) is 5.65. The summed E-state index contributed by atoms with van der Waals surface area (Å²) in [6, 6.07) is 6.53. The lowest BCUT2D eigenvalue weighted by molar-refractivity contribution is 0.00966. The summed E-state index contributed by atoms with van der Waals surface area (Å²) in [5.74, 6) is 0.825. The normalized spacial score (nSPS) is 23.8. The van der Waals surface area contributed by atoms with Gasteiger partial charge >= 0.3 is 0 Å². The van der Waals surface area contributed by atoms with Crippen LogP contribution in [-0.4, -0.2) is 43.1 Å². The quantitative estimate of drug-likeness (QED) is 0.844. The number of benzene rings is 1. The van der Waals surface area contributed by atoms with Crippen molar-refractivity contribution in [2.75, 3.05) is 19.8 Å². The molecule has 1 saturated heterocycles. The first-order valence-corrected chi connectivity index (χ1v) is 7.77. The molecule has 1 aromatic carbocycles. The maximum absolute atomic E-state index is 10.0. The van der Waals surface area contributed by atoms with Gasteiger partial charge in [-0.3, -0.25) is 0 Å². The second-order valence-electron chi connectivity index (χ2n) is 6.10. The molecule has 2 rings (SSSR count). The number of ether oxygens (including phenoxy) is 2. The van der Waals surface area contributed by atoms with Crippen molar-refractivity contribution < 1.29 is 14.6 Å². The Morgan fingerprint density at radius 3 is 2.71 bits per heavy atom. The van der Waals surface area contributed by atoms with Crippen LogP contribution in [0.4, 0.5) is 0 Å². The molecule has 1 aromatic rings. The van der Waals surface area contributed by atoms with Gasteiger partial charge in [0.05, 0.1) is 6.10 Å². The minimum absolute atomic E-state index is 0.305. The average Bonchev–Trinajstić information content (AvgIpc) is 2.42. The van der Waals surface area contributed by atoms with E-state index in [-0.39, 0.29) is 0 Å². The van der Waals surface area contributed by atoms with Crippen molar-refractivity contribution in [2.24, 2.45) is 0 Å². The maximum atomic E-state index is 10.0. The molecular formula is C17H27NO3. The Morgan fingerprint density at radius 1 is 1.33 bits per heavy atom. The fourth-order valence-electron chi connectivity index (χ4n) is 2.75. The maximum Gasteiger partial charge on any atom is 0.119 e. The number of hydrogen-bond acceptors (Lipinski definition) is 4. The number of nitrogens with one attached hydrogen (secondary N) is 1. The van der Waals surface area contributed by atoms with E-state index in [0.29, 0.717) is 25.3 Å². The van der Waals surface area contributed by atoms with Gasteiger partial charge in [0.15, 0.2) is 0 Å². The van der Waals surface area contributed by atoms with Crippen molar-refractivity contribution in [1.29, 1.82) is 0 Å². The van der Waals surface area contributed by atoms with Gasteiger partial charge in [0.25, 0.3) is 0 Å². The van der Waals surface area contributed by atoms with Gasteiger partial charge in [0, 0.05) is 19.2 Å². The molecule has 3 atom stereocenters. The van der Waals surface area contributed by atoms with Crippen LogP contribution in [0.5, 0.6) is 5.75 Å². The molecule has 1 fully saturated rings. The third-order valence-corrected chi connectivity index (χ3v) is 3.76. The zero-order valence-corrected chi connectivity index (χ0v) is 13.3. The molecule has 1 aliphatic heterocycles. The highest BCUT2D eigenvalue weighted by Crippen LogP contribution is 2.16. The minimum atomic E-state index is -0.496. The highest BCUT2D eigenvalue weighted by atomic mass is 16.5. The monoisotopic (exact) mass is 293 g/mol. The predicted molar refractivity (Wildman–Crippen MR) is 83.9 cm³/mol. The molecule has 4 heteroatoms. The molecule has 2 N–H and O–H groups in total. The number of aliphatic hydroxyl groups is 1. The first-order valence-electron chi connectivity index (χ1n) is 7.77. The lowest BCUT2D eigenvalue weighted by Crippen LogP contribution is -2.42. The highest BCUT2D eigenvalue weighted by molar-refractivity contribution is 5.32. The molecule has 0 spiro atoms. The van der Waals surface area contributed by atoms with Crippen molar-refractivity contribution in [3.63, 3.8) is 0 Å². The van der Waals surface area contributed by atoms with E-state index in [0.717, 1.165) is 25.2 Å². The van der Waals surface area contributed by atoms with Crippen LogP contribution in [0.15, 0.2) is 18.2 Å². The minimum Gasteiger partial charge on any atom is -0.491 e. The van der Waals surface area contributed by atoms with Gasteiger partial charge < -0.3 is 19.9 Å². The summed E-state index contributed by atoms with van der Waals surface area (Å²) in [5.41, 5.74) is 2.35. The van der Waals surface area contributed by atoms with Crippen LogP contribution in [0, 0.1) is 13.8 Å². The second-order valence-corrected chi connectivity index (χ2v) is 6.10. The van der Waals surface area contributed by atoms with Crippen molar-refractivity contribution in [3.8, 4) is 5.75 Å². The molecular weight excluding hydrogens is 266 g/mol. The largest absolute Gasteiger partial charge is 0.491 e. The molecule has 0 amide bonds. The van der Waals surface area contributed by atoms with Crippen LogP contribution in [0.1, 0.15) is 30.9 Å². The van der Waals surface area contributed by atoms with Crippen molar-refractivity contribution in [3.05, 3.63) is 29.3 Å². The zero-order valence-electron chi connectivity index (χ0n) is 13.3. The summed E-state index contributed by atoms with van der Waals surface area (Å²) in [4.78, 5) is 0. The van der Waals surface area contributed by atoms with E-state index >= 15 is 0 Å². The Hall–Kier alpha value is -1.10. The molecule has 4 nitrogen and oxygen atoms in total. The fourth-order valence-corrected chi connectivity index (χ4v) is 2.75. The molecule has 3 unspecified atom stereocenters. The summed E-state index contributed by atoms with van der Waals surface area (Å²) < 4.78 is 11.2. The van der Waals surface area contributed by atoms with Gasteiger partial charge in [-0.1, -0.05) is 6.07 Å². The van der Waals surface area contributed by atoms with Crippen molar-refractivity contribution >= 4 is 0 Å². The summed E-state index contributed by atoms with van der Waals surface area (Å²) in [6.45, 7) is 7.85. The van der Waals surface area contributed by atoms with Crippen LogP contribution in [0.3, 0.4) is 0 Å². The average molecular weight is 293 g/mol. The summed E-state index contributed by atoms with van der Waals surface area (Å²) in [7, 11) is 0. The number of hydrogen-bond donors (Lipinski definition) is 2. The Bertz CT molecular complexity index is 429. The highest BCUT2D eigenvalue weighted by Gasteiger charge is 2.19. The molecule has 0 saturated carbocycles. The van der Waals surface area contributed by atoms with Crippen LogP contribution in [0.2, 0.25) is 0 Å². The molecule has 0 bridgehead atoms. The lowest BCUT2D eigenvalue weighted by atomic mass is 10.0. The van der Waals surface area contributed by atoms with Crippen LogP contribution in [0.25, 0.3) is 0 Å². The second kappa shape index (κ2) is 7.78. The number of aryl methyl sites for hydroxylation is 2. The molecule has 1 heterocycles. The summed E-state index contributed by atoms with van der Waals surface area (Å²) in [6.07, 6.45) is 1.82. The van der Waals surface area contributed by atoms with Crippen molar-refractivity contribution in [1.82, 2.24) is 5.32 Å². The third-order valence-electron chi connectivity index (χ3n) is 3.76. The topological polar surface area (TPSA) is 50.7 Å². The SMILES string of the molecule is Cc1cc(C)cc(OCC(O)CNC2CCOC(C)C2)c1. The first-order chi connectivity index (χ1) is 10.0. The van der Waals surface area contributed by atoms with Crippen molar-refractivity contribution in [2.45, 2.75) is 51.9 Å². The number of rotatable bonds is 6. The molecule has 118 valence electrons. The molecule has 0 aromatic heterocycles. The van der Waals surface area contributed by atoms with Gasteiger partial charge in [-0.05, 0) is 56.9 Å². The predicted octanol–water partition coefficient (Wildman–Crippen LogP) is 2.20. The van der Waals surface area contributed by atoms with Gasteiger partial charge in [0.2, 0.25) is 0 Å². The van der Waals surface area contributed by atoms with Crippen LogP contribution < -0.4 is 10.1 Å². The van der Waals surface area contributed by atoms with E-state index in [1.165, 1.54) is 11.1 Å². The van der Waals surface area contributed by atoms with E-state index in [2.05, 4.69) is 18.3 Å². The Labute approximate surface area is 127 Å². The first kappa shape index (κ1) is 16.3. The molecule has 1 aliphatic rings. The Balaban J connectivity index is 1.70. The molecule has 0 radical (unpaired) electrons. The fraction of sp³-hybridized carbons (Fsp3) is 0.647. The van der Waals surface area contributed by atoms with E-state index in [1.54, 1.807) is 0 Å². The lowest BCUT2D eigenvalue weighted by Gasteiger charge is -2.28. The summed E-state index contributed by atoms with van der Waals surface area (Å²) >= 11 is 0. The smallest absolute Gasteiger partial charge is 0.119 e. The molecule has 21 heavy (non-hydrogen) atoms. The molecule has 0 aliphatic carbocycles. The Morgan fingerprint density at radius 2 is 2.05 bits per heavy atom. The van der Waals surface area contributed by atoms with E-state index < -0.39 is 6.10 Å². The van der Waals surface area contributed by atoms with Gasteiger partial charge in [-0.25, -0.2) is 0 Å². The van der Waals surface area contributed by atoms with Crippen LogP contribution in [-0.2, 0) is 4.74 Å². The van der Waals surface area contributed by atoms with Crippen LogP contribution >= 0.6 is 0 Å². The summed E-state index contributed by atoms with van der Waals surface area (Å²) in [5, 5.41) is 13.4. The Kier molecular flexibility index (Phi) is 6.03. The van der Waals surface area contributed by atoms with Gasteiger partial charge in [-0.15, -0.1) is 0 Å². The standard InChI is InChI=1S/C17H27NO3/c1-12-6-13(2)8-17(7-12)21-11-16(19)10-18-15-4-5-20-14(3)9-15/h6-8,14-16,18-19H,4-5,9-11H2,1-3H3. The van der Waals surface area contributed by atoms with Gasteiger partial charge in [-0.2, -0.15) is 0 Å².